The SMILES string of the molecule is CCOc1ccccc1N=C(O)c1cc2ccc3c4ccccc4[nH]c3c2c(N=Nc2ccc3c(c2)C(=C(C#N)C#N)c2cc(N=Nc4c(O)c(C(O)=Nc5ccccc5OCC)cc5ccc6c7ccccc7[nH]c6c45)ccc2-3)c1O. The summed E-state index contributed by atoms with van der Waals surface area (Å²) >= 11 is 0. The van der Waals surface area contributed by atoms with E-state index in [1.807, 2.05) is 98.8 Å². The van der Waals surface area contributed by atoms with Gasteiger partial charge in [0.1, 0.15) is 52.0 Å². The minimum absolute atomic E-state index is 0.00668. The van der Waals surface area contributed by atoms with Gasteiger partial charge in [0.2, 0.25) is 11.8 Å². The quantitative estimate of drug-likeness (QED) is 0.0296. The van der Waals surface area contributed by atoms with E-state index in [4.69, 9.17) is 29.9 Å². The standard InChI is InChI=1S/C66H44N10O6/c1-3-81-54-19-11-9-17-52(54)71-65(79)48-29-35-21-25-44-42-13-5-7-15-50(42)69-59(44)57(35)61(63(48)77)75-73-38-23-27-40-41-28-24-39(32-47(41)56(46(40)31-38)37(33-67)34-68)74-76-62-58-36(22-26-45-43-14-6-8-16-51(43)70-60(45)58)30-49(64(62)78)66(80)72-53-18-10-12-20-55(53)82-4-2/h5-32,69-70,77-78H,3-4H2,1-2H3,(H,71,79)(H,72,80). The molecular formula is C66H44N10O6. The third-order valence-corrected chi connectivity index (χ3v) is 14.6. The van der Waals surface area contributed by atoms with Gasteiger partial charge < -0.3 is 39.9 Å². The van der Waals surface area contributed by atoms with Crippen LogP contribution in [0.3, 0.4) is 0 Å². The van der Waals surface area contributed by atoms with E-state index in [0.29, 0.717) is 108 Å². The van der Waals surface area contributed by atoms with Crippen molar-refractivity contribution >= 4 is 117 Å². The number of phenols is 2. The van der Waals surface area contributed by atoms with Crippen LogP contribution in [0, 0.1) is 22.7 Å². The van der Waals surface area contributed by atoms with Crippen molar-refractivity contribution in [2.75, 3.05) is 13.2 Å². The molecule has 16 nitrogen and oxygen atoms in total. The predicted octanol–water partition coefficient (Wildman–Crippen LogP) is 17.4. The summed E-state index contributed by atoms with van der Waals surface area (Å²) in [4.78, 5) is 16.0. The minimum Gasteiger partial charge on any atom is -0.505 e. The lowest BCUT2D eigenvalue weighted by Gasteiger charge is -2.12. The number of ether oxygens (including phenoxy) is 2. The molecule has 0 amide bonds. The lowest BCUT2D eigenvalue weighted by atomic mass is 9.98. The lowest BCUT2D eigenvalue weighted by molar-refractivity contribution is 0.341. The van der Waals surface area contributed by atoms with E-state index < -0.39 is 11.8 Å². The number of nitrogens with zero attached hydrogens (tertiary/aromatic N) is 8. The topological polar surface area (TPSA) is 253 Å². The number of aromatic amines is 2. The average molecular weight is 1070 g/mol. The van der Waals surface area contributed by atoms with Crippen LogP contribution in [0.15, 0.2) is 206 Å². The number of rotatable bonds is 12. The molecule has 10 aromatic carbocycles. The maximum absolute atomic E-state index is 12.2. The second-order valence-electron chi connectivity index (χ2n) is 19.3. The predicted molar refractivity (Wildman–Crippen MR) is 320 cm³/mol. The van der Waals surface area contributed by atoms with Gasteiger partial charge in [0, 0.05) is 48.9 Å². The summed E-state index contributed by atoms with van der Waals surface area (Å²) in [5.74, 6) is -0.800. The maximum Gasteiger partial charge on any atom is 0.222 e. The van der Waals surface area contributed by atoms with Crippen LogP contribution in [-0.4, -0.2) is 55.4 Å². The first kappa shape index (κ1) is 49.9. The highest BCUT2D eigenvalue weighted by Crippen LogP contribution is 2.51. The summed E-state index contributed by atoms with van der Waals surface area (Å²) < 4.78 is 11.5. The zero-order valence-electron chi connectivity index (χ0n) is 43.8. The zero-order valence-corrected chi connectivity index (χ0v) is 43.8. The number of aliphatic imine (C=N–C) groups is 2. The molecule has 0 radical (unpaired) electrons. The van der Waals surface area contributed by atoms with Crippen molar-refractivity contribution in [1.29, 1.82) is 10.5 Å². The fourth-order valence-corrected chi connectivity index (χ4v) is 10.9. The molecule has 2 aromatic heterocycles. The largest absolute Gasteiger partial charge is 0.505 e. The molecule has 0 spiro atoms. The number of aliphatic hydroxyl groups excluding tert-OH is 2. The molecule has 82 heavy (non-hydrogen) atoms. The minimum atomic E-state index is -0.473. The number of aliphatic hydroxyl groups is 2. The van der Waals surface area contributed by atoms with E-state index in [2.05, 4.69) is 32.1 Å². The maximum atomic E-state index is 12.2. The Morgan fingerprint density at radius 2 is 0.902 bits per heavy atom. The molecule has 0 unspecified atom stereocenters. The van der Waals surface area contributed by atoms with E-state index in [0.717, 1.165) is 32.6 Å². The van der Waals surface area contributed by atoms with E-state index in [-0.39, 0.29) is 39.6 Å². The molecule has 0 saturated heterocycles. The van der Waals surface area contributed by atoms with E-state index in [9.17, 15) is 30.9 Å². The molecular weight excluding hydrogens is 1030 g/mol. The van der Waals surface area contributed by atoms with Crippen LogP contribution in [0.25, 0.3) is 81.9 Å². The summed E-state index contributed by atoms with van der Waals surface area (Å²) in [5.41, 5.74) is 7.23. The Hall–Kier alpha value is -11.6. The van der Waals surface area contributed by atoms with Crippen molar-refractivity contribution in [2.24, 2.45) is 30.4 Å². The fraction of sp³-hybridized carbons (Fsp3) is 0.0606. The van der Waals surface area contributed by atoms with Crippen LogP contribution in [0.5, 0.6) is 23.0 Å². The Balaban J connectivity index is 0.916. The Morgan fingerprint density at radius 3 is 1.34 bits per heavy atom. The average Bonchev–Trinajstić information content (AvgIpc) is 2.64. The first-order valence-electron chi connectivity index (χ1n) is 26.2. The normalized spacial score (nSPS) is 12.6. The molecule has 1 aliphatic rings. The van der Waals surface area contributed by atoms with Gasteiger partial charge in [-0.3, -0.25) is 0 Å². The summed E-state index contributed by atoms with van der Waals surface area (Å²) in [6.45, 7) is 4.45. The monoisotopic (exact) mass is 1070 g/mol. The van der Waals surface area contributed by atoms with Gasteiger partial charge in [-0.2, -0.15) is 20.8 Å². The van der Waals surface area contributed by atoms with Crippen molar-refractivity contribution in [3.63, 3.8) is 0 Å². The molecule has 394 valence electrons. The van der Waals surface area contributed by atoms with Crippen molar-refractivity contribution < 1.29 is 29.9 Å². The van der Waals surface area contributed by atoms with Gasteiger partial charge in [0.15, 0.2) is 11.5 Å². The molecule has 0 fully saturated rings. The number of phenolic OH excluding ortho intramolecular Hbond substituents is 2. The van der Waals surface area contributed by atoms with Crippen LogP contribution in [0.4, 0.5) is 34.1 Å². The Kier molecular flexibility index (Phi) is 12.4. The van der Waals surface area contributed by atoms with Gasteiger partial charge in [-0.15, -0.1) is 10.2 Å². The van der Waals surface area contributed by atoms with Gasteiger partial charge in [-0.1, -0.05) is 97.1 Å². The Labute approximate surface area is 466 Å². The summed E-state index contributed by atoms with van der Waals surface area (Å²) in [6, 6.07) is 55.5. The molecule has 0 bridgehead atoms. The van der Waals surface area contributed by atoms with Gasteiger partial charge in [0.25, 0.3) is 0 Å². The number of fused-ring (bicyclic) bond motifs is 13. The van der Waals surface area contributed by atoms with Gasteiger partial charge in [-0.05, 0) is 120 Å². The molecule has 0 aliphatic heterocycles. The number of nitrogens with one attached hydrogen (secondary N) is 2. The molecule has 16 heteroatoms. The lowest BCUT2D eigenvalue weighted by Crippen LogP contribution is -2.00. The van der Waals surface area contributed by atoms with Crippen LogP contribution in [-0.2, 0) is 0 Å². The third-order valence-electron chi connectivity index (χ3n) is 14.6. The van der Waals surface area contributed by atoms with Gasteiger partial charge in [-0.25, -0.2) is 9.98 Å². The van der Waals surface area contributed by atoms with E-state index in [1.54, 1.807) is 84.9 Å². The van der Waals surface area contributed by atoms with Gasteiger partial charge in [0.05, 0.1) is 46.7 Å². The van der Waals surface area contributed by atoms with Crippen LogP contribution in [0.2, 0.25) is 0 Å². The highest BCUT2D eigenvalue weighted by Gasteiger charge is 2.29. The molecule has 12 aromatic rings. The molecule has 2 heterocycles. The molecule has 1 aliphatic carbocycles. The van der Waals surface area contributed by atoms with Crippen molar-refractivity contribution in [3.8, 4) is 46.3 Å². The number of benzene rings is 10. The summed E-state index contributed by atoms with van der Waals surface area (Å²) in [5, 5.41) is 93.5. The molecule has 13 rings (SSSR count). The van der Waals surface area contributed by atoms with Crippen LogP contribution < -0.4 is 9.47 Å². The highest BCUT2D eigenvalue weighted by molar-refractivity contribution is 6.23. The number of H-pyrrole nitrogens is 2. The number of aromatic hydroxyl groups is 2. The van der Waals surface area contributed by atoms with Gasteiger partial charge >= 0.3 is 0 Å². The molecule has 0 atom stereocenters. The van der Waals surface area contributed by atoms with Crippen molar-refractivity contribution in [2.45, 2.75) is 13.8 Å². The number of nitriles is 2. The number of hydrogen-bond donors (Lipinski definition) is 6. The highest BCUT2D eigenvalue weighted by atomic mass is 16.5. The zero-order chi connectivity index (χ0) is 56.2. The summed E-state index contributed by atoms with van der Waals surface area (Å²) in [6.07, 6.45) is 0. The molecule has 0 saturated carbocycles. The number of aromatic nitrogens is 2. The first-order valence-corrected chi connectivity index (χ1v) is 26.2. The number of allylic oxidation sites excluding steroid dienone is 1. The van der Waals surface area contributed by atoms with E-state index in [1.165, 1.54) is 0 Å². The number of hydrogen-bond acceptors (Lipinski definition) is 12. The van der Waals surface area contributed by atoms with Crippen molar-refractivity contribution in [3.05, 3.63) is 198 Å². The first-order chi connectivity index (χ1) is 40.1. The number of para-hydroxylation sites is 6. The number of azo groups is 2. The Morgan fingerprint density at radius 1 is 0.476 bits per heavy atom. The third kappa shape index (κ3) is 8.39. The van der Waals surface area contributed by atoms with Crippen LogP contribution in [0.1, 0.15) is 36.1 Å². The Bertz CT molecular complexity index is 4630. The second-order valence-corrected chi connectivity index (χ2v) is 19.3. The van der Waals surface area contributed by atoms with Crippen LogP contribution >= 0.6 is 0 Å². The smallest absolute Gasteiger partial charge is 0.222 e. The second kappa shape index (κ2) is 20.3. The molecule has 6 N–H and O–H groups in total. The fourth-order valence-electron chi connectivity index (χ4n) is 10.9. The van der Waals surface area contributed by atoms with E-state index >= 15 is 0 Å². The van der Waals surface area contributed by atoms with Crippen molar-refractivity contribution in [1.82, 2.24) is 9.97 Å². The summed E-state index contributed by atoms with van der Waals surface area (Å²) in [7, 11) is 0.